The lowest BCUT2D eigenvalue weighted by molar-refractivity contribution is -0.131. The third-order valence-corrected chi connectivity index (χ3v) is 4.85. The predicted octanol–water partition coefficient (Wildman–Crippen LogP) is -0.102. The minimum absolute atomic E-state index is 0. The minimum Gasteiger partial charge on any atom is -0.357 e. The van der Waals surface area contributed by atoms with Crippen LogP contribution in [-0.2, 0) is 9.59 Å². The average molecular weight is 480 g/mol. The molecule has 8 nitrogen and oxygen atoms in total. The van der Waals surface area contributed by atoms with Gasteiger partial charge in [-0.25, -0.2) is 0 Å². The Morgan fingerprint density at radius 3 is 1.77 bits per heavy atom. The van der Waals surface area contributed by atoms with E-state index in [0.717, 1.165) is 78.0 Å². The van der Waals surface area contributed by atoms with Crippen molar-refractivity contribution in [1.29, 1.82) is 0 Å². The van der Waals surface area contributed by atoms with E-state index in [9.17, 15) is 9.59 Å². The van der Waals surface area contributed by atoms with Crippen LogP contribution in [0.2, 0.25) is 0 Å². The fourth-order valence-electron chi connectivity index (χ4n) is 3.24. The fraction of sp³-hybridized carbons (Fsp3) is 0.824. The maximum atomic E-state index is 11.4. The third-order valence-electron chi connectivity index (χ3n) is 4.85. The average Bonchev–Trinajstić information content (AvgIpc) is 2.61. The summed E-state index contributed by atoms with van der Waals surface area (Å²) in [4.78, 5) is 36.0. The number of rotatable bonds is 4. The number of hydrogen-bond acceptors (Lipinski definition) is 4. The Balaban J connectivity index is 0.00000338. The highest BCUT2D eigenvalue weighted by atomic mass is 127. The Morgan fingerprint density at radius 2 is 1.31 bits per heavy atom. The van der Waals surface area contributed by atoms with E-state index in [0.29, 0.717) is 0 Å². The first kappa shape index (κ1) is 22.9. The van der Waals surface area contributed by atoms with Gasteiger partial charge in [0, 0.05) is 79.3 Å². The second kappa shape index (κ2) is 11.6. The summed E-state index contributed by atoms with van der Waals surface area (Å²) in [5, 5.41) is 3.36. The van der Waals surface area contributed by atoms with Crippen LogP contribution in [0.15, 0.2) is 4.99 Å². The van der Waals surface area contributed by atoms with Crippen molar-refractivity contribution in [3.63, 3.8) is 0 Å². The first-order valence-corrected chi connectivity index (χ1v) is 9.28. The molecule has 0 aromatic carbocycles. The van der Waals surface area contributed by atoms with Gasteiger partial charge >= 0.3 is 0 Å². The van der Waals surface area contributed by atoms with Crippen LogP contribution in [-0.4, -0.2) is 109 Å². The molecule has 0 unspecified atom stereocenters. The standard InChI is InChI=1S/C17H32N6O2.HI/c1-4-18-17(23-13-11-22(12-14-23)16(3)25)19-5-6-20-7-9-21(10-8-20)15(2)24;/h4-14H2,1-3H3,(H,18,19);1H. The van der Waals surface area contributed by atoms with Crippen LogP contribution < -0.4 is 5.32 Å². The number of nitrogens with one attached hydrogen (secondary N) is 1. The molecule has 2 amide bonds. The lowest BCUT2D eigenvalue weighted by atomic mass is 10.3. The summed E-state index contributed by atoms with van der Waals surface area (Å²) in [6.45, 7) is 14.4. The zero-order valence-corrected chi connectivity index (χ0v) is 18.6. The number of carbonyl (C=O) groups is 2. The number of piperazine rings is 2. The number of guanidine groups is 1. The number of aliphatic imine (C=N–C) groups is 1. The number of hydrogen-bond donors (Lipinski definition) is 1. The second-order valence-corrected chi connectivity index (χ2v) is 6.58. The first-order valence-electron chi connectivity index (χ1n) is 9.28. The third kappa shape index (κ3) is 6.90. The van der Waals surface area contributed by atoms with E-state index in [4.69, 9.17) is 4.99 Å². The summed E-state index contributed by atoms with van der Waals surface area (Å²) < 4.78 is 0. The molecule has 0 aromatic rings. The molecular formula is C17H33IN6O2. The van der Waals surface area contributed by atoms with E-state index in [2.05, 4.69) is 22.0 Å². The molecule has 0 atom stereocenters. The Labute approximate surface area is 174 Å². The molecule has 2 saturated heterocycles. The van der Waals surface area contributed by atoms with Gasteiger partial charge in [0.15, 0.2) is 5.96 Å². The Bertz CT molecular complexity index is 486. The molecule has 0 spiro atoms. The lowest BCUT2D eigenvalue weighted by Gasteiger charge is -2.36. The van der Waals surface area contributed by atoms with Crippen LogP contribution in [0.3, 0.4) is 0 Å². The summed E-state index contributed by atoms with van der Waals surface area (Å²) in [5.41, 5.74) is 0. The largest absolute Gasteiger partial charge is 0.357 e. The molecule has 0 aliphatic carbocycles. The number of amides is 2. The monoisotopic (exact) mass is 480 g/mol. The van der Waals surface area contributed by atoms with Crippen LogP contribution in [0.5, 0.6) is 0 Å². The molecule has 2 heterocycles. The quantitative estimate of drug-likeness (QED) is 0.346. The van der Waals surface area contributed by atoms with E-state index in [1.807, 2.05) is 9.80 Å². The maximum absolute atomic E-state index is 11.4. The molecule has 2 fully saturated rings. The summed E-state index contributed by atoms with van der Waals surface area (Å²) in [7, 11) is 0. The zero-order valence-electron chi connectivity index (χ0n) is 16.2. The molecule has 0 saturated carbocycles. The maximum Gasteiger partial charge on any atom is 0.219 e. The molecular weight excluding hydrogens is 447 g/mol. The van der Waals surface area contributed by atoms with E-state index >= 15 is 0 Å². The topological polar surface area (TPSA) is 71.5 Å². The summed E-state index contributed by atoms with van der Waals surface area (Å²) in [5.74, 6) is 1.25. The molecule has 2 aliphatic rings. The zero-order chi connectivity index (χ0) is 18.2. The molecule has 1 N–H and O–H groups in total. The van der Waals surface area contributed by atoms with Crippen molar-refractivity contribution in [2.45, 2.75) is 20.8 Å². The first-order chi connectivity index (χ1) is 12.0. The van der Waals surface area contributed by atoms with Gasteiger partial charge in [0.05, 0.1) is 6.54 Å². The summed E-state index contributed by atoms with van der Waals surface area (Å²) in [6.07, 6.45) is 0. The van der Waals surface area contributed by atoms with Crippen molar-refractivity contribution in [3.05, 3.63) is 0 Å². The van der Waals surface area contributed by atoms with Gasteiger partial charge < -0.3 is 20.0 Å². The van der Waals surface area contributed by atoms with Crippen molar-refractivity contribution >= 4 is 41.8 Å². The highest BCUT2D eigenvalue weighted by Gasteiger charge is 2.21. The lowest BCUT2D eigenvalue weighted by Crippen LogP contribution is -2.53. The molecule has 150 valence electrons. The number of nitrogens with zero attached hydrogens (tertiary/aromatic N) is 5. The fourth-order valence-corrected chi connectivity index (χ4v) is 3.24. The van der Waals surface area contributed by atoms with Crippen molar-refractivity contribution in [2.24, 2.45) is 4.99 Å². The molecule has 9 heteroatoms. The van der Waals surface area contributed by atoms with Crippen molar-refractivity contribution < 1.29 is 9.59 Å². The second-order valence-electron chi connectivity index (χ2n) is 6.58. The van der Waals surface area contributed by atoms with Gasteiger partial charge in [-0.15, -0.1) is 24.0 Å². The highest BCUT2D eigenvalue weighted by Crippen LogP contribution is 2.04. The minimum atomic E-state index is 0. The molecule has 0 radical (unpaired) electrons. The van der Waals surface area contributed by atoms with Gasteiger partial charge in [-0.3, -0.25) is 19.5 Å². The van der Waals surface area contributed by atoms with Gasteiger partial charge in [0.25, 0.3) is 0 Å². The Morgan fingerprint density at radius 1 is 0.846 bits per heavy atom. The van der Waals surface area contributed by atoms with Gasteiger partial charge in [-0.1, -0.05) is 0 Å². The SMILES string of the molecule is CCNC(=NCCN1CCN(C(C)=O)CC1)N1CCN(C(C)=O)CC1.I. The number of carbonyl (C=O) groups excluding carboxylic acids is 2. The van der Waals surface area contributed by atoms with Crippen molar-refractivity contribution in [1.82, 2.24) is 24.9 Å². The highest BCUT2D eigenvalue weighted by molar-refractivity contribution is 14.0. The van der Waals surface area contributed by atoms with Crippen LogP contribution in [0.1, 0.15) is 20.8 Å². The number of halogens is 1. The van der Waals surface area contributed by atoms with E-state index in [-0.39, 0.29) is 35.8 Å². The molecule has 26 heavy (non-hydrogen) atoms. The van der Waals surface area contributed by atoms with E-state index in [1.165, 1.54) is 0 Å². The molecule has 2 rings (SSSR count). The summed E-state index contributed by atoms with van der Waals surface area (Å²) in [6, 6.07) is 0. The van der Waals surface area contributed by atoms with Gasteiger partial charge in [0.1, 0.15) is 0 Å². The van der Waals surface area contributed by atoms with Crippen LogP contribution in [0.4, 0.5) is 0 Å². The van der Waals surface area contributed by atoms with E-state index in [1.54, 1.807) is 13.8 Å². The Hall–Kier alpha value is -1.10. The van der Waals surface area contributed by atoms with Crippen molar-refractivity contribution in [2.75, 3.05) is 72.0 Å². The van der Waals surface area contributed by atoms with Gasteiger partial charge in [-0.05, 0) is 6.92 Å². The van der Waals surface area contributed by atoms with Crippen molar-refractivity contribution in [3.8, 4) is 0 Å². The van der Waals surface area contributed by atoms with Crippen LogP contribution in [0, 0.1) is 0 Å². The van der Waals surface area contributed by atoms with Gasteiger partial charge in [0.2, 0.25) is 11.8 Å². The summed E-state index contributed by atoms with van der Waals surface area (Å²) >= 11 is 0. The normalized spacial score (nSPS) is 19.2. The predicted molar refractivity (Wildman–Crippen MR) is 114 cm³/mol. The smallest absolute Gasteiger partial charge is 0.219 e. The Kier molecular flexibility index (Phi) is 10.2. The van der Waals surface area contributed by atoms with Crippen LogP contribution >= 0.6 is 24.0 Å². The van der Waals surface area contributed by atoms with Gasteiger partial charge in [-0.2, -0.15) is 0 Å². The van der Waals surface area contributed by atoms with E-state index < -0.39 is 0 Å². The molecule has 0 bridgehead atoms. The molecule has 0 aromatic heterocycles. The molecule has 2 aliphatic heterocycles. The van der Waals surface area contributed by atoms with Crippen LogP contribution in [0.25, 0.3) is 0 Å².